The van der Waals surface area contributed by atoms with Crippen molar-refractivity contribution >= 4 is 15.9 Å². The van der Waals surface area contributed by atoms with Gasteiger partial charge >= 0.3 is 0 Å². The molecule has 14 heavy (non-hydrogen) atoms. The van der Waals surface area contributed by atoms with Gasteiger partial charge in [-0.05, 0) is 46.8 Å². The van der Waals surface area contributed by atoms with Crippen LogP contribution in [0.4, 0.5) is 0 Å². The van der Waals surface area contributed by atoms with Crippen molar-refractivity contribution in [3.63, 3.8) is 0 Å². The van der Waals surface area contributed by atoms with Gasteiger partial charge in [0.05, 0.1) is 16.6 Å². The highest BCUT2D eigenvalue weighted by molar-refractivity contribution is 9.10. The first-order valence-electron chi connectivity index (χ1n) is 4.62. The maximum absolute atomic E-state index is 8.80. The largest absolute Gasteiger partial charge is 0.492 e. The summed E-state index contributed by atoms with van der Waals surface area (Å²) >= 11 is 3.36. The van der Waals surface area contributed by atoms with Gasteiger partial charge in [0.1, 0.15) is 11.8 Å². The Morgan fingerprint density at radius 3 is 2.93 bits per heavy atom. The Morgan fingerprint density at radius 1 is 1.50 bits per heavy atom. The van der Waals surface area contributed by atoms with Crippen LogP contribution in [0.15, 0.2) is 22.7 Å². The highest BCUT2D eigenvalue weighted by atomic mass is 79.9. The molecule has 0 atom stereocenters. The van der Waals surface area contributed by atoms with Gasteiger partial charge in [0, 0.05) is 0 Å². The van der Waals surface area contributed by atoms with Crippen LogP contribution in [0.1, 0.15) is 18.4 Å². The van der Waals surface area contributed by atoms with Crippen LogP contribution in [0.3, 0.4) is 0 Å². The molecule has 0 spiro atoms. The molecule has 0 bridgehead atoms. The van der Waals surface area contributed by atoms with Crippen molar-refractivity contribution in [2.24, 2.45) is 5.92 Å². The van der Waals surface area contributed by atoms with Crippen LogP contribution in [0.5, 0.6) is 5.75 Å². The number of rotatable bonds is 3. The fraction of sp³-hybridized carbons (Fsp3) is 0.364. The summed E-state index contributed by atoms with van der Waals surface area (Å²) in [5, 5.41) is 8.80. The third kappa shape index (κ3) is 2.08. The van der Waals surface area contributed by atoms with Crippen LogP contribution < -0.4 is 4.74 Å². The number of halogens is 1. The second-order valence-corrected chi connectivity index (χ2v) is 4.28. The summed E-state index contributed by atoms with van der Waals surface area (Å²) in [4.78, 5) is 0. The molecular weight excluding hydrogens is 242 g/mol. The van der Waals surface area contributed by atoms with Crippen molar-refractivity contribution in [3.8, 4) is 11.8 Å². The topological polar surface area (TPSA) is 33.0 Å². The van der Waals surface area contributed by atoms with Gasteiger partial charge in [-0.2, -0.15) is 5.26 Å². The van der Waals surface area contributed by atoms with E-state index in [1.165, 1.54) is 12.8 Å². The van der Waals surface area contributed by atoms with Crippen LogP contribution in [0, 0.1) is 17.2 Å². The van der Waals surface area contributed by atoms with Crippen LogP contribution >= 0.6 is 15.9 Å². The molecule has 0 saturated heterocycles. The average molecular weight is 252 g/mol. The first-order valence-corrected chi connectivity index (χ1v) is 5.42. The summed E-state index contributed by atoms with van der Waals surface area (Å²) in [6.45, 7) is 0.771. The monoisotopic (exact) mass is 251 g/mol. The number of hydrogen-bond donors (Lipinski definition) is 0. The molecule has 0 aromatic heterocycles. The SMILES string of the molecule is N#Cc1cccc(OCC2CC2)c1Br. The lowest BCUT2D eigenvalue weighted by Crippen LogP contribution is -1.99. The number of nitrogens with zero attached hydrogens (tertiary/aromatic N) is 1. The molecule has 0 radical (unpaired) electrons. The lowest BCUT2D eigenvalue weighted by molar-refractivity contribution is 0.298. The van der Waals surface area contributed by atoms with Crippen molar-refractivity contribution in [2.75, 3.05) is 6.61 Å². The van der Waals surface area contributed by atoms with E-state index in [-0.39, 0.29) is 0 Å². The predicted molar refractivity (Wildman–Crippen MR) is 57.1 cm³/mol. The molecule has 72 valence electrons. The lowest BCUT2D eigenvalue weighted by atomic mass is 10.2. The third-order valence-electron chi connectivity index (χ3n) is 2.26. The summed E-state index contributed by atoms with van der Waals surface area (Å²) in [7, 11) is 0. The second kappa shape index (κ2) is 4.02. The Balaban J connectivity index is 2.11. The minimum Gasteiger partial charge on any atom is -0.492 e. The van der Waals surface area contributed by atoms with E-state index in [4.69, 9.17) is 10.00 Å². The molecule has 2 nitrogen and oxygen atoms in total. The lowest BCUT2D eigenvalue weighted by Gasteiger charge is -2.07. The van der Waals surface area contributed by atoms with Crippen LogP contribution in [0.25, 0.3) is 0 Å². The van der Waals surface area contributed by atoms with Gasteiger partial charge in [-0.15, -0.1) is 0 Å². The third-order valence-corrected chi connectivity index (χ3v) is 3.07. The standard InChI is InChI=1S/C11H10BrNO/c12-11-9(6-13)2-1-3-10(11)14-7-8-4-5-8/h1-3,8H,4-5,7H2. The first-order chi connectivity index (χ1) is 6.81. The van der Waals surface area contributed by atoms with E-state index in [0.717, 1.165) is 22.7 Å². The fourth-order valence-corrected chi connectivity index (χ4v) is 1.67. The Kier molecular flexibility index (Phi) is 2.74. The molecule has 0 unspecified atom stereocenters. The summed E-state index contributed by atoms with van der Waals surface area (Å²) in [5.41, 5.74) is 0.623. The van der Waals surface area contributed by atoms with Gasteiger partial charge in [-0.25, -0.2) is 0 Å². The van der Waals surface area contributed by atoms with E-state index in [1.807, 2.05) is 12.1 Å². The minimum atomic E-state index is 0.623. The zero-order valence-corrected chi connectivity index (χ0v) is 9.25. The summed E-state index contributed by atoms with van der Waals surface area (Å²) < 4.78 is 6.37. The van der Waals surface area contributed by atoms with E-state index < -0.39 is 0 Å². The van der Waals surface area contributed by atoms with Gasteiger partial charge in [0.2, 0.25) is 0 Å². The predicted octanol–water partition coefficient (Wildman–Crippen LogP) is 3.11. The zero-order valence-electron chi connectivity index (χ0n) is 7.66. The summed E-state index contributed by atoms with van der Waals surface area (Å²) in [6, 6.07) is 7.60. The highest BCUT2D eigenvalue weighted by Gasteiger charge is 2.22. The Bertz CT molecular complexity index is 379. The number of hydrogen-bond acceptors (Lipinski definition) is 2. The molecule has 0 heterocycles. The number of benzene rings is 1. The molecule has 0 amide bonds. The van der Waals surface area contributed by atoms with Crippen molar-refractivity contribution in [2.45, 2.75) is 12.8 Å². The van der Waals surface area contributed by atoms with E-state index in [2.05, 4.69) is 22.0 Å². The first kappa shape index (κ1) is 9.54. The maximum atomic E-state index is 8.80. The molecule has 1 fully saturated rings. The molecule has 1 aliphatic rings. The molecule has 1 saturated carbocycles. The Labute approximate surface area is 91.6 Å². The van der Waals surface area contributed by atoms with Crippen LogP contribution in [-0.4, -0.2) is 6.61 Å². The van der Waals surface area contributed by atoms with Crippen molar-refractivity contribution in [3.05, 3.63) is 28.2 Å². The normalized spacial score (nSPS) is 14.9. The van der Waals surface area contributed by atoms with Gasteiger partial charge in [0.15, 0.2) is 0 Å². The molecule has 0 aliphatic heterocycles. The molecule has 1 aromatic carbocycles. The smallest absolute Gasteiger partial charge is 0.134 e. The zero-order chi connectivity index (χ0) is 9.97. The Hall–Kier alpha value is -1.01. The molecule has 3 heteroatoms. The molecule has 0 N–H and O–H groups in total. The van der Waals surface area contributed by atoms with Crippen LogP contribution in [-0.2, 0) is 0 Å². The van der Waals surface area contributed by atoms with Crippen molar-refractivity contribution < 1.29 is 4.74 Å². The fourth-order valence-electron chi connectivity index (χ4n) is 1.20. The van der Waals surface area contributed by atoms with E-state index in [0.29, 0.717) is 5.56 Å². The Morgan fingerprint density at radius 2 is 2.29 bits per heavy atom. The maximum Gasteiger partial charge on any atom is 0.134 e. The number of nitriles is 1. The van der Waals surface area contributed by atoms with Gasteiger partial charge in [0.25, 0.3) is 0 Å². The van der Waals surface area contributed by atoms with E-state index >= 15 is 0 Å². The van der Waals surface area contributed by atoms with Gasteiger partial charge in [-0.1, -0.05) is 6.07 Å². The summed E-state index contributed by atoms with van der Waals surface area (Å²) in [5.74, 6) is 1.50. The molecular formula is C11H10BrNO. The molecule has 1 aromatic rings. The minimum absolute atomic E-state index is 0.623. The quantitative estimate of drug-likeness (QED) is 0.827. The van der Waals surface area contributed by atoms with Gasteiger partial charge < -0.3 is 4.74 Å². The highest BCUT2D eigenvalue weighted by Crippen LogP contribution is 2.32. The van der Waals surface area contributed by atoms with Crippen molar-refractivity contribution in [1.29, 1.82) is 5.26 Å². The second-order valence-electron chi connectivity index (χ2n) is 3.48. The van der Waals surface area contributed by atoms with E-state index in [9.17, 15) is 0 Å². The number of ether oxygens (including phenoxy) is 1. The average Bonchev–Trinajstić information content (AvgIpc) is 3.00. The summed E-state index contributed by atoms with van der Waals surface area (Å²) in [6.07, 6.45) is 2.55. The van der Waals surface area contributed by atoms with E-state index in [1.54, 1.807) is 6.07 Å². The van der Waals surface area contributed by atoms with Crippen molar-refractivity contribution in [1.82, 2.24) is 0 Å². The molecule has 2 rings (SSSR count). The molecule has 1 aliphatic carbocycles. The van der Waals surface area contributed by atoms with Crippen LogP contribution in [0.2, 0.25) is 0 Å². The van der Waals surface area contributed by atoms with Gasteiger partial charge in [-0.3, -0.25) is 0 Å².